The van der Waals surface area contributed by atoms with Gasteiger partial charge in [0.1, 0.15) is 0 Å². The predicted molar refractivity (Wildman–Crippen MR) is 85.7 cm³/mol. The highest BCUT2D eigenvalue weighted by molar-refractivity contribution is 7.92. The summed E-state index contributed by atoms with van der Waals surface area (Å²) >= 11 is 0. The van der Waals surface area contributed by atoms with E-state index >= 15 is 0 Å². The van der Waals surface area contributed by atoms with E-state index in [9.17, 15) is 13.2 Å². The van der Waals surface area contributed by atoms with Gasteiger partial charge in [0.2, 0.25) is 10.0 Å². The minimum atomic E-state index is -3.25. The fourth-order valence-corrected chi connectivity index (χ4v) is 4.05. The fraction of sp³-hybridized carbons (Fsp3) is 0.533. The van der Waals surface area contributed by atoms with E-state index < -0.39 is 10.0 Å². The molecule has 0 radical (unpaired) electrons. The van der Waals surface area contributed by atoms with Crippen LogP contribution < -0.4 is 14.9 Å². The van der Waals surface area contributed by atoms with Crippen LogP contribution in [-0.4, -0.2) is 46.3 Å². The first-order valence-electron chi connectivity index (χ1n) is 7.57. The van der Waals surface area contributed by atoms with E-state index in [4.69, 9.17) is 0 Å². The Kier molecular flexibility index (Phi) is 4.10. The van der Waals surface area contributed by atoms with E-state index in [1.165, 1.54) is 10.6 Å². The molecule has 0 spiro atoms. The number of anilines is 1. The van der Waals surface area contributed by atoms with Crippen LogP contribution in [0.15, 0.2) is 18.2 Å². The Morgan fingerprint density at radius 3 is 2.73 bits per heavy atom. The Labute approximate surface area is 130 Å². The smallest absolute Gasteiger partial charge is 0.251 e. The van der Waals surface area contributed by atoms with E-state index in [-0.39, 0.29) is 11.9 Å². The standard InChI is InChI=1S/C15H21N3O3S/c1-22(20,21)18-9-6-11-10-12(2-3-14(11)18)15(19)17-13-4-7-16-8-5-13/h2-3,10,13,16H,4-9H2,1H3,(H,17,19). The maximum Gasteiger partial charge on any atom is 0.251 e. The molecule has 22 heavy (non-hydrogen) atoms. The minimum absolute atomic E-state index is 0.0764. The number of carbonyl (C=O) groups is 1. The minimum Gasteiger partial charge on any atom is -0.349 e. The molecule has 0 aliphatic carbocycles. The number of nitrogens with one attached hydrogen (secondary N) is 2. The van der Waals surface area contributed by atoms with Crippen LogP contribution in [0.2, 0.25) is 0 Å². The first-order valence-corrected chi connectivity index (χ1v) is 9.42. The third-order valence-corrected chi connectivity index (χ3v) is 5.45. The number of amides is 1. The van der Waals surface area contributed by atoms with Gasteiger partial charge in [0.05, 0.1) is 11.9 Å². The summed E-state index contributed by atoms with van der Waals surface area (Å²) in [5.41, 5.74) is 2.22. The topological polar surface area (TPSA) is 78.5 Å². The Bertz CT molecular complexity index is 681. The molecule has 0 atom stereocenters. The van der Waals surface area contributed by atoms with E-state index in [2.05, 4.69) is 10.6 Å². The number of rotatable bonds is 3. The van der Waals surface area contributed by atoms with Crippen LogP contribution in [0.3, 0.4) is 0 Å². The highest BCUT2D eigenvalue weighted by atomic mass is 32.2. The lowest BCUT2D eigenvalue weighted by atomic mass is 10.0. The van der Waals surface area contributed by atoms with Crippen LogP contribution in [0.5, 0.6) is 0 Å². The monoisotopic (exact) mass is 323 g/mol. The van der Waals surface area contributed by atoms with Gasteiger partial charge in [-0.05, 0) is 56.1 Å². The van der Waals surface area contributed by atoms with Gasteiger partial charge in [0.25, 0.3) is 5.91 Å². The van der Waals surface area contributed by atoms with Crippen molar-refractivity contribution in [1.29, 1.82) is 0 Å². The van der Waals surface area contributed by atoms with Crippen molar-refractivity contribution in [2.45, 2.75) is 25.3 Å². The average Bonchev–Trinajstić information content (AvgIpc) is 2.91. The number of benzene rings is 1. The van der Waals surface area contributed by atoms with E-state index in [1.54, 1.807) is 12.1 Å². The van der Waals surface area contributed by atoms with Crippen LogP contribution in [-0.2, 0) is 16.4 Å². The summed E-state index contributed by atoms with van der Waals surface area (Å²) in [5.74, 6) is -0.0764. The van der Waals surface area contributed by atoms with E-state index in [1.807, 2.05) is 6.07 Å². The van der Waals surface area contributed by atoms with Crippen molar-refractivity contribution in [3.05, 3.63) is 29.3 Å². The molecule has 0 saturated carbocycles. The summed E-state index contributed by atoms with van der Waals surface area (Å²) in [7, 11) is -3.25. The van der Waals surface area contributed by atoms with Crippen molar-refractivity contribution in [2.24, 2.45) is 0 Å². The quantitative estimate of drug-likeness (QED) is 0.849. The number of carbonyl (C=O) groups excluding carboxylic acids is 1. The zero-order valence-corrected chi connectivity index (χ0v) is 13.4. The molecule has 2 N–H and O–H groups in total. The van der Waals surface area contributed by atoms with Gasteiger partial charge in [0, 0.05) is 18.2 Å². The van der Waals surface area contributed by atoms with E-state index in [0.717, 1.165) is 31.5 Å². The molecular formula is C15H21N3O3S. The number of hydrogen-bond acceptors (Lipinski definition) is 4. The third-order valence-electron chi connectivity index (χ3n) is 4.27. The maximum absolute atomic E-state index is 12.3. The summed E-state index contributed by atoms with van der Waals surface area (Å²) in [5, 5.41) is 6.32. The Morgan fingerprint density at radius 2 is 2.05 bits per heavy atom. The van der Waals surface area contributed by atoms with Crippen molar-refractivity contribution in [2.75, 3.05) is 30.2 Å². The molecule has 1 aromatic rings. The number of sulfonamides is 1. The molecule has 1 aromatic carbocycles. The van der Waals surface area contributed by atoms with Gasteiger partial charge in [-0.25, -0.2) is 8.42 Å². The van der Waals surface area contributed by atoms with Gasteiger partial charge >= 0.3 is 0 Å². The average molecular weight is 323 g/mol. The Balaban J connectivity index is 1.75. The molecule has 7 heteroatoms. The van der Waals surface area contributed by atoms with Crippen LogP contribution in [0.4, 0.5) is 5.69 Å². The predicted octanol–water partition coefficient (Wildman–Crippen LogP) is 0.490. The molecule has 0 bridgehead atoms. The van der Waals surface area contributed by atoms with Crippen molar-refractivity contribution < 1.29 is 13.2 Å². The molecule has 2 heterocycles. The van der Waals surface area contributed by atoms with Crippen LogP contribution in [0, 0.1) is 0 Å². The summed E-state index contributed by atoms with van der Waals surface area (Å²) in [6.45, 7) is 2.31. The number of fused-ring (bicyclic) bond motifs is 1. The largest absolute Gasteiger partial charge is 0.349 e. The van der Waals surface area contributed by atoms with Crippen LogP contribution >= 0.6 is 0 Å². The molecule has 1 fully saturated rings. The highest BCUT2D eigenvalue weighted by Gasteiger charge is 2.27. The summed E-state index contributed by atoms with van der Waals surface area (Å²) in [4.78, 5) is 12.3. The molecule has 0 unspecified atom stereocenters. The lowest BCUT2D eigenvalue weighted by Crippen LogP contribution is -2.42. The molecule has 2 aliphatic heterocycles. The first-order chi connectivity index (χ1) is 10.4. The van der Waals surface area contributed by atoms with Gasteiger partial charge < -0.3 is 10.6 Å². The summed E-state index contributed by atoms with van der Waals surface area (Å²) in [6, 6.07) is 5.48. The second kappa shape index (κ2) is 5.89. The van der Waals surface area contributed by atoms with Gasteiger partial charge in [-0.1, -0.05) is 0 Å². The van der Waals surface area contributed by atoms with Crippen molar-refractivity contribution in [1.82, 2.24) is 10.6 Å². The van der Waals surface area contributed by atoms with E-state index in [0.29, 0.717) is 24.2 Å². The van der Waals surface area contributed by atoms with Gasteiger partial charge in [-0.3, -0.25) is 9.10 Å². The molecule has 2 aliphatic rings. The first kappa shape index (κ1) is 15.3. The molecule has 6 nitrogen and oxygen atoms in total. The normalized spacial score (nSPS) is 19.0. The molecule has 3 rings (SSSR count). The zero-order chi connectivity index (χ0) is 15.7. The van der Waals surface area contributed by atoms with Crippen molar-refractivity contribution in [3.8, 4) is 0 Å². The van der Waals surface area contributed by atoms with Crippen molar-refractivity contribution >= 4 is 21.6 Å². The third kappa shape index (κ3) is 3.10. The molecule has 1 saturated heterocycles. The second-order valence-corrected chi connectivity index (χ2v) is 7.83. The summed E-state index contributed by atoms with van der Waals surface area (Å²) < 4.78 is 24.8. The molecular weight excluding hydrogens is 302 g/mol. The number of nitrogens with zero attached hydrogens (tertiary/aromatic N) is 1. The lowest BCUT2D eigenvalue weighted by Gasteiger charge is -2.23. The number of hydrogen-bond donors (Lipinski definition) is 2. The molecule has 120 valence electrons. The highest BCUT2D eigenvalue weighted by Crippen LogP contribution is 2.30. The fourth-order valence-electron chi connectivity index (χ4n) is 3.09. The van der Waals surface area contributed by atoms with Gasteiger partial charge in [-0.2, -0.15) is 0 Å². The Hall–Kier alpha value is -1.60. The van der Waals surface area contributed by atoms with Crippen LogP contribution in [0.1, 0.15) is 28.8 Å². The van der Waals surface area contributed by atoms with Gasteiger partial charge in [0.15, 0.2) is 0 Å². The SMILES string of the molecule is CS(=O)(=O)N1CCc2cc(C(=O)NC3CCNCC3)ccc21. The van der Waals surface area contributed by atoms with Gasteiger partial charge in [-0.15, -0.1) is 0 Å². The lowest BCUT2D eigenvalue weighted by molar-refractivity contribution is 0.0929. The Morgan fingerprint density at radius 1 is 1.32 bits per heavy atom. The van der Waals surface area contributed by atoms with Crippen LogP contribution in [0.25, 0.3) is 0 Å². The summed E-state index contributed by atoms with van der Waals surface area (Å²) in [6.07, 6.45) is 3.74. The maximum atomic E-state index is 12.3. The second-order valence-electron chi connectivity index (χ2n) is 5.93. The zero-order valence-electron chi connectivity index (χ0n) is 12.6. The molecule has 1 amide bonds. The number of piperidine rings is 1. The molecule has 0 aromatic heterocycles. The van der Waals surface area contributed by atoms with Crippen molar-refractivity contribution in [3.63, 3.8) is 0 Å².